The van der Waals surface area contributed by atoms with E-state index in [0.29, 0.717) is 0 Å². The first kappa shape index (κ1) is 12.3. The lowest BCUT2D eigenvalue weighted by molar-refractivity contribution is 0.665. The summed E-state index contributed by atoms with van der Waals surface area (Å²) in [6.07, 6.45) is 7.13. The SMILES string of the molecule is c1ccc2cc(-c3cc4c(cn3)oc3cnccc34)ncc2c1. The molecule has 0 N–H and O–H groups in total. The fourth-order valence-electron chi connectivity index (χ4n) is 2.90. The van der Waals surface area contributed by atoms with E-state index in [9.17, 15) is 0 Å². The van der Waals surface area contributed by atoms with Crippen LogP contribution in [-0.2, 0) is 0 Å². The van der Waals surface area contributed by atoms with Gasteiger partial charge in [-0.2, -0.15) is 0 Å². The quantitative estimate of drug-likeness (QED) is 0.454. The molecule has 4 nitrogen and oxygen atoms in total. The summed E-state index contributed by atoms with van der Waals surface area (Å²) in [5.74, 6) is 0. The van der Waals surface area contributed by atoms with E-state index in [2.05, 4.69) is 33.2 Å². The van der Waals surface area contributed by atoms with E-state index in [-0.39, 0.29) is 0 Å². The van der Waals surface area contributed by atoms with Crippen molar-refractivity contribution in [2.75, 3.05) is 0 Å². The topological polar surface area (TPSA) is 51.8 Å². The van der Waals surface area contributed by atoms with E-state index < -0.39 is 0 Å². The standard InChI is InChI=1S/C19H11N3O/c1-2-4-13-9-21-16(7-12(13)3-1)17-8-15-14-5-6-20-10-18(14)23-19(15)11-22-17/h1-11H. The highest BCUT2D eigenvalue weighted by molar-refractivity contribution is 6.05. The Bertz CT molecular complexity index is 1180. The third-order valence-electron chi connectivity index (χ3n) is 4.06. The van der Waals surface area contributed by atoms with Gasteiger partial charge in [0, 0.05) is 28.6 Å². The first-order valence-electron chi connectivity index (χ1n) is 7.36. The van der Waals surface area contributed by atoms with Crippen LogP contribution in [0.3, 0.4) is 0 Å². The van der Waals surface area contributed by atoms with Crippen LogP contribution in [0, 0.1) is 0 Å². The van der Waals surface area contributed by atoms with E-state index in [1.807, 2.05) is 30.5 Å². The molecule has 5 rings (SSSR count). The van der Waals surface area contributed by atoms with Crippen LogP contribution in [0.1, 0.15) is 0 Å². The Balaban J connectivity index is 1.76. The minimum Gasteiger partial charge on any atom is -0.453 e. The van der Waals surface area contributed by atoms with E-state index in [0.717, 1.165) is 44.1 Å². The number of hydrogen-bond acceptors (Lipinski definition) is 4. The van der Waals surface area contributed by atoms with Gasteiger partial charge in [-0.25, -0.2) is 0 Å². The van der Waals surface area contributed by atoms with Crippen molar-refractivity contribution in [1.82, 2.24) is 15.0 Å². The van der Waals surface area contributed by atoms with Gasteiger partial charge in [0.2, 0.25) is 0 Å². The minimum atomic E-state index is 0.762. The molecule has 5 aromatic rings. The molecule has 4 aromatic heterocycles. The zero-order valence-corrected chi connectivity index (χ0v) is 12.1. The first-order chi connectivity index (χ1) is 11.4. The summed E-state index contributed by atoms with van der Waals surface area (Å²) in [4.78, 5) is 13.1. The summed E-state index contributed by atoms with van der Waals surface area (Å²) in [7, 11) is 0. The van der Waals surface area contributed by atoms with Crippen LogP contribution in [0.25, 0.3) is 44.1 Å². The van der Waals surface area contributed by atoms with Crippen LogP contribution in [0.5, 0.6) is 0 Å². The van der Waals surface area contributed by atoms with Crippen molar-refractivity contribution in [3.8, 4) is 11.4 Å². The summed E-state index contributed by atoms with van der Waals surface area (Å²) >= 11 is 0. The average molecular weight is 297 g/mol. The molecule has 0 spiro atoms. The molecule has 0 bridgehead atoms. The van der Waals surface area contributed by atoms with Crippen LogP contribution in [0.4, 0.5) is 0 Å². The van der Waals surface area contributed by atoms with Gasteiger partial charge in [-0.3, -0.25) is 15.0 Å². The van der Waals surface area contributed by atoms with Gasteiger partial charge in [-0.15, -0.1) is 0 Å². The maximum absolute atomic E-state index is 5.77. The normalized spacial score (nSPS) is 11.5. The fourth-order valence-corrected chi connectivity index (χ4v) is 2.90. The third kappa shape index (κ3) is 1.89. The fraction of sp³-hybridized carbons (Fsp3) is 0. The molecule has 0 aliphatic rings. The number of pyridine rings is 3. The molecular weight excluding hydrogens is 286 g/mol. The van der Waals surface area contributed by atoms with E-state index >= 15 is 0 Å². The molecule has 0 atom stereocenters. The average Bonchev–Trinajstić information content (AvgIpc) is 2.99. The maximum atomic E-state index is 5.77. The van der Waals surface area contributed by atoms with Gasteiger partial charge in [-0.05, 0) is 23.6 Å². The molecule has 0 saturated carbocycles. The first-order valence-corrected chi connectivity index (χ1v) is 7.36. The lowest BCUT2D eigenvalue weighted by Crippen LogP contribution is -1.87. The number of furan rings is 1. The molecule has 0 radical (unpaired) electrons. The lowest BCUT2D eigenvalue weighted by atomic mass is 10.1. The Morgan fingerprint density at radius 3 is 2.43 bits per heavy atom. The summed E-state index contributed by atoms with van der Waals surface area (Å²) in [5, 5.41) is 4.35. The zero-order valence-electron chi connectivity index (χ0n) is 12.1. The van der Waals surface area contributed by atoms with Crippen molar-refractivity contribution >= 4 is 32.7 Å². The summed E-state index contributed by atoms with van der Waals surface area (Å²) in [6, 6.07) is 14.2. The van der Waals surface area contributed by atoms with Crippen molar-refractivity contribution in [1.29, 1.82) is 0 Å². The number of nitrogens with zero attached hydrogens (tertiary/aromatic N) is 3. The summed E-state index contributed by atoms with van der Waals surface area (Å²) < 4.78 is 5.77. The molecule has 0 unspecified atom stereocenters. The summed E-state index contributed by atoms with van der Waals surface area (Å²) in [5.41, 5.74) is 3.22. The molecule has 0 aliphatic carbocycles. The number of rotatable bonds is 1. The van der Waals surface area contributed by atoms with Crippen molar-refractivity contribution in [2.45, 2.75) is 0 Å². The van der Waals surface area contributed by atoms with E-state index in [1.54, 1.807) is 18.6 Å². The second-order valence-electron chi connectivity index (χ2n) is 5.46. The van der Waals surface area contributed by atoms with Crippen molar-refractivity contribution in [3.05, 3.63) is 67.3 Å². The third-order valence-corrected chi connectivity index (χ3v) is 4.06. The minimum absolute atomic E-state index is 0.762. The van der Waals surface area contributed by atoms with Crippen LogP contribution in [0.15, 0.2) is 71.7 Å². The van der Waals surface area contributed by atoms with Crippen LogP contribution < -0.4 is 0 Å². The highest BCUT2D eigenvalue weighted by Crippen LogP contribution is 2.30. The van der Waals surface area contributed by atoms with Gasteiger partial charge in [0.25, 0.3) is 0 Å². The number of hydrogen-bond donors (Lipinski definition) is 0. The Morgan fingerprint density at radius 1 is 0.696 bits per heavy atom. The highest BCUT2D eigenvalue weighted by Gasteiger charge is 2.10. The molecule has 0 fully saturated rings. The van der Waals surface area contributed by atoms with Crippen molar-refractivity contribution in [2.24, 2.45) is 0 Å². The molecule has 0 amide bonds. The monoisotopic (exact) mass is 297 g/mol. The van der Waals surface area contributed by atoms with Gasteiger partial charge in [0.05, 0.1) is 23.8 Å². The molecule has 1 aromatic carbocycles. The Kier molecular flexibility index (Phi) is 2.46. The smallest absolute Gasteiger partial charge is 0.153 e. The zero-order chi connectivity index (χ0) is 15.2. The molecule has 0 saturated heterocycles. The Labute approximate surface area is 131 Å². The molecule has 23 heavy (non-hydrogen) atoms. The van der Waals surface area contributed by atoms with Gasteiger partial charge in [0.1, 0.15) is 0 Å². The number of aromatic nitrogens is 3. The van der Waals surface area contributed by atoms with Crippen LogP contribution >= 0.6 is 0 Å². The van der Waals surface area contributed by atoms with E-state index in [4.69, 9.17) is 4.42 Å². The van der Waals surface area contributed by atoms with Gasteiger partial charge in [0.15, 0.2) is 11.2 Å². The van der Waals surface area contributed by atoms with Crippen molar-refractivity contribution < 1.29 is 4.42 Å². The highest BCUT2D eigenvalue weighted by atomic mass is 16.3. The predicted molar refractivity (Wildman–Crippen MR) is 90.0 cm³/mol. The molecule has 0 aliphatic heterocycles. The van der Waals surface area contributed by atoms with Gasteiger partial charge in [-0.1, -0.05) is 24.3 Å². The second kappa shape index (κ2) is 4.61. The summed E-state index contributed by atoms with van der Waals surface area (Å²) in [6.45, 7) is 0. The molecule has 4 heterocycles. The maximum Gasteiger partial charge on any atom is 0.153 e. The number of fused-ring (bicyclic) bond motifs is 4. The van der Waals surface area contributed by atoms with E-state index in [1.165, 1.54) is 0 Å². The predicted octanol–water partition coefficient (Wildman–Crippen LogP) is 4.59. The number of benzene rings is 1. The lowest BCUT2D eigenvalue weighted by Gasteiger charge is -2.02. The Morgan fingerprint density at radius 2 is 1.48 bits per heavy atom. The second-order valence-corrected chi connectivity index (χ2v) is 5.46. The molecule has 108 valence electrons. The Hall–Kier alpha value is -3.27. The molecular formula is C19H11N3O. The largest absolute Gasteiger partial charge is 0.453 e. The van der Waals surface area contributed by atoms with Crippen LogP contribution in [0.2, 0.25) is 0 Å². The van der Waals surface area contributed by atoms with Crippen LogP contribution in [-0.4, -0.2) is 15.0 Å². The van der Waals surface area contributed by atoms with Gasteiger partial charge < -0.3 is 4.42 Å². The van der Waals surface area contributed by atoms with Crippen molar-refractivity contribution in [3.63, 3.8) is 0 Å². The van der Waals surface area contributed by atoms with Gasteiger partial charge >= 0.3 is 0 Å². The molecule has 4 heteroatoms.